The highest BCUT2D eigenvalue weighted by Crippen LogP contribution is 2.26. The fourth-order valence-electron chi connectivity index (χ4n) is 3.54. The number of nitrogens with one attached hydrogen (secondary N) is 1. The van der Waals surface area contributed by atoms with E-state index in [9.17, 15) is 9.59 Å². The lowest BCUT2D eigenvalue weighted by molar-refractivity contribution is -0.128. The largest absolute Gasteiger partial charge is 0.342 e. The van der Waals surface area contributed by atoms with Gasteiger partial charge >= 0.3 is 0 Å². The smallest absolute Gasteiger partial charge is 0.265 e. The van der Waals surface area contributed by atoms with Gasteiger partial charge in [-0.1, -0.05) is 30.3 Å². The summed E-state index contributed by atoms with van der Waals surface area (Å²) in [5, 5.41) is 12.6. The molecule has 2 amide bonds. The number of likely N-dealkylation sites (N-methyl/N-ethyl adjacent to an activating group) is 1. The Labute approximate surface area is 179 Å². The minimum atomic E-state index is -0.487. The molecule has 0 atom stereocenters. The summed E-state index contributed by atoms with van der Waals surface area (Å²) in [5.74, 6) is -0.881. The first-order valence-electron chi connectivity index (χ1n) is 9.47. The van der Waals surface area contributed by atoms with Crippen molar-refractivity contribution in [1.29, 1.82) is 5.26 Å². The normalized spacial score (nSPS) is 15.5. The van der Waals surface area contributed by atoms with E-state index >= 15 is 0 Å². The molecule has 1 saturated heterocycles. The number of nitriles is 1. The van der Waals surface area contributed by atoms with E-state index in [4.69, 9.17) is 17.5 Å². The Morgan fingerprint density at radius 3 is 2.57 bits per heavy atom. The molecule has 0 bridgehead atoms. The van der Waals surface area contributed by atoms with Crippen molar-refractivity contribution >= 4 is 46.1 Å². The highest BCUT2D eigenvalue weighted by Gasteiger charge is 2.32. The van der Waals surface area contributed by atoms with Crippen LogP contribution in [0.1, 0.15) is 23.6 Å². The number of para-hydroxylation sites is 1. The van der Waals surface area contributed by atoms with Crippen LogP contribution in [-0.2, 0) is 16.1 Å². The van der Waals surface area contributed by atoms with Gasteiger partial charge in [0.2, 0.25) is 0 Å². The van der Waals surface area contributed by atoms with Crippen LogP contribution in [0.3, 0.4) is 0 Å². The molecular formula is C23H18N4O2S. The van der Waals surface area contributed by atoms with Gasteiger partial charge in [-0.2, -0.15) is 5.26 Å². The van der Waals surface area contributed by atoms with Crippen LogP contribution in [0, 0.1) is 11.3 Å². The fraction of sp³-hybridized carbons (Fsp3) is 0.130. The molecule has 0 radical (unpaired) electrons. The predicted molar refractivity (Wildman–Crippen MR) is 118 cm³/mol. The maximum absolute atomic E-state index is 12.8. The molecule has 1 aliphatic rings. The molecule has 6 nitrogen and oxygen atoms in total. The fourth-order valence-corrected chi connectivity index (χ4v) is 3.84. The van der Waals surface area contributed by atoms with Crippen molar-refractivity contribution in [2.45, 2.75) is 13.5 Å². The molecular weight excluding hydrogens is 396 g/mol. The standard InChI is InChI=1S/C23H18N4O2S/c1-2-27-22(29)19(21(28)25-23(27)30)11-17-14-26(20-6-4-3-5-18(17)20)13-16-9-7-15(12-24)8-10-16/h3-11,14H,2,13H2,1H3,(H,25,28,30)/b19-11+. The monoisotopic (exact) mass is 414 g/mol. The first-order valence-corrected chi connectivity index (χ1v) is 9.88. The van der Waals surface area contributed by atoms with Crippen LogP contribution in [0.25, 0.3) is 17.0 Å². The van der Waals surface area contributed by atoms with Crippen LogP contribution in [0.5, 0.6) is 0 Å². The van der Waals surface area contributed by atoms with E-state index in [0.717, 1.165) is 22.0 Å². The van der Waals surface area contributed by atoms with E-state index in [1.165, 1.54) is 4.90 Å². The molecule has 148 valence electrons. The Balaban J connectivity index is 1.76. The van der Waals surface area contributed by atoms with E-state index in [1.807, 2.05) is 49.5 Å². The molecule has 1 N–H and O–H groups in total. The third kappa shape index (κ3) is 3.49. The second-order valence-electron chi connectivity index (χ2n) is 6.90. The average Bonchev–Trinajstić information content (AvgIpc) is 3.09. The lowest BCUT2D eigenvalue weighted by Crippen LogP contribution is -2.53. The lowest BCUT2D eigenvalue weighted by atomic mass is 10.1. The molecule has 7 heteroatoms. The number of fused-ring (bicyclic) bond motifs is 1. The molecule has 2 heterocycles. The first kappa shape index (κ1) is 19.6. The molecule has 1 fully saturated rings. The molecule has 0 unspecified atom stereocenters. The van der Waals surface area contributed by atoms with E-state index in [0.29, 0.717) is 18.7 Å². The second kappa shape index (κ2) is 7.93. The van der Waals surface area contributed by atoms with Crippen molar-refractivity contribution in [3.63, 3.8) is 0 Å². The molecule has 0 aliphatic carbocycles. The quantitative estimate of drug-likeness (QED) is 0.404. The third-order valence-corrected chi connectivity index (χ3v) is 5.38. The van der Waals surface area contributed by atoms with Gasteiger partial charge in [-0.05, 0) is 49.0 Å². The Morgan fingerprint density at radius 2 is 1.87 bits per heavy atom. The molecule has 0 spiro atoms. The first-order chi connectivity index (χ1) is 14.5. The molecule has 2 aromatic carbocycles. The summed E-state index contributed by atoms with van der Waals surface area (Å²) in [6.07, 6.45) is 3.55. The number of rotatable bonds is 4. The highest BCUT2D eigenvalue weighted by molar-refractivity contribution is 7.80. The number of thiocarbonyl (C=S) groups is 1. The van der Waals surface area contributed by atoms with Crippen molar-refractivity contribution in [3.8, 4) is 6.07 Å². The summed E-state index contributed by atoms with van der Waals surface area (Å²) >= 11 is 5.09. The highest BCUT2D eigenvalue weighted by atomic mass is 32.1. The minimum absolute atomic E-state index is 0.0618. The van der Waals surface area contributed by atoms with Crippen molar-refractivity contribution in [2.75, 3.05) is 6.54 Å². The van der Waals surface area contributed by atoms with E-state index in [-0.39, 0.29) is 10.7 Å². The van der Waals surface area contributed by atoms with Crippen LogP contribution in [0.2, 0.25) is 0 Å². The zero-order valence-electron chi connectivity index (χ0n) is 16.3. The Bertz CT molecular complexity index is 1250. The molecule has 1 aliphatic heterocycles. The van der Waals surface area contributed by atoms with Gasteiger partial charge < -0.3 is 4.57 Å². The van der Waals surface area contributed by atoms with Crippen LogP contribution < -0.4 is 5.32 Å². The van der Waals surface area contributed by atoms with Crippen molar-refractivity contribution in [2.24, 2.45) is 0 Å². The molecule has 4 rings (SSSR count). The van der Waals surface area contributed by atoms with Gasteiger partial charge in [0, 0.05) is 35.8 Å². The Morgan fingerprint density at radius 1 is 1.13 bits per heavy atom. The third-order valence-electron chi connectivity index (χ3n) is 5.06. The van der Waals surface area contributed by atoms with Crippen molar-refractivity contribution in [3.05, 3.63) is 77.0 Å². The van der Waals surface area contributed by atoms with Gasteiger partial charge in [0.15, 0.2) is 5.11 Å². The van der Waals surface area contributed by atoms with E-state index in [2.05, 4.69) is 16.0 Å². The second-order valence-corrected chi connectivity index (χ2v) is 7.29. The predicted octanol–water partition coefficient (Wildman–Crippen LogP) is 3.21. The summed E-state index contributed by atoms with van der Waals surface area (Å²) in [6, 6.07) is 17.4. The topological polar surface area (TPSA) is 78.1 Å². The van der Waals surface area contributed by atoms with Gasteiger partial charge in [0.05, 0.1) is 11.6 Å². The van der Waals surface area contributed by atoms with Crippen LogP contribution in [-0.4, -0.2) is 32.9 Å². The number of hydrogen-bond donors (Lipinski definition) is 1. The van der Waals surface area contributed by atoms with E-state index in [1.54, 1.807) is 18.2 Å². The molecule has 3 aromatic rings. The molecule has 1 aromatic heterocycles. The SMILES string of the molecule is CCN1C(=O)/C(=C/c2cn(Cc3ccc(C#N)cc3)c3ccccc23)C(=O)NC1=S. The molecule has 30 heavy (non-hydrogen) atoms. The minimum Gasteiger partial charge on any atom is -0.342 e. The van der Waals surface area contributed by atoms with E-state index < -0.39 is 11.8 Å². The van der Waals surface area contributed by atoms with Gasteiger partial charge in [-0.15, -0.1) is 0 Å². The van der Waals surface area contributed by atoms with Gasteiger partial charge in [0.25, 0.3) is 11.8 Å². The number of nitrogens with zero attached hydrogens (tertiary/aromatic N) is 3. The number of benzene rings is 2. The zero-order valence-corrected chi connectivity index (χ0v) is 17.1. The van der Waals surface area contributed by atoms with Gasteiger partial charge in [-0.25, -0.2) is 0 Å². The number of amides is 2. The van der Waals surface area contributed by atoms with Crippen LogP contribution >= 0.6 is 12.2 Å². The summed E-state index contributed by atoms with van der Waals surface area (Å²) in [6.45, 7) is 2.79. The summed E-state index contributed by atoms with van der Waals surface area (Å²) in [5.41, 5.74) is 3.48. The molecule has 0 saturated carbocycles. The van der Waals surface area contributed by atoms with Crippen LogP contribution in [0.4, 0.5) is 0 Å². The van der Waals surface area contributed by atoms with Crippen molar-refractivity contribution < 1.29 is 9.59 Å². The number of carbonyl (C=O) groups excluding carboxylic acids is 2. The lowest BCUT2D eigenvalue weighted by Gasteiger charge is -2.27. The maximum atomic E-state index is 12.8. The summed E-state index contributed by atoms with van der Waals surface area (Å²) in [4.78, 5) is 26.6. The maximum Gasteiger partial charge on any atom is 0.265 e. The summed E-state index contributed by atoms with van der Waals surface area (Å²) in [7, 11) is 0. The number of hydrogen-bond acceptors (Lipinski definition) is 4. The Hall–Kier alpha value is -3.76. The number of carbonyl (C=O) groups is 2. The average molecular weight is 414 g/mol. The van der Waals surface area contributed by atoms with Crippen LogP contribution in [0.15, 0.2) is 60.3 Å². The van der Waals surface area contributed by atoms with Gasteiger partial charge in [-0.3, -0.25) is 19.8 Å². The summed E-state index contributed by atoms with van der Waals surface area (Å²) < 4.78 is 2.07. The zero-order chi connectivity index (χ0) is 21.3. The number of aromatic nitrogens is 1. The Kier molecular flexibility index (Phi) is 5.17. The van der Waals surface area contributed by atoms with Crippen molar-refractivity contribution in [1.82, 2.24) is 14.8 Å². The van der Waals surface area contributed by atoms with Gasteiger partial charge in [0.1, 0.15) is 5.57 Å².